The Hall–Kier alpha value is -2.32. The minimum Gasteiger partial charge on any atom is -0.465 e. The maximum atomic E-state index is 14.0. The summed E-state index contributed by atoms with van der Waals surface area (Å²) in [6.07, 6.45) is 0.955. The molecule has 8 heteroatoms. The van der Waals surface area contributed by atoms with Crippen molar-refractivity contribution >= 4 is 32.8 Å². The third kappa shape index (κ3) is 3.66. The number of ether oxygens (including phenoxy) is 2. The number of methoxy groups -OCH3 is 1. The fourth-order valence-electron chi connectivity index (χ4n) is 5.67. The number of hydrogen-bond acceptors (Lipinski definition) is 4. The first-order valence-electron chi connectivity index (χ1n) is 11.4. The zero-order chi connectivity index (χ0) is 24.4. The van der Waals surface area contributed by atoms with E-state index in [1.54, 1.807) is 13.3 Å². The molecule has 0 spiro atoms. The van der Waals surface area contributed by atoms with Gasteiger partial charge in [0.25, 0.3) is 5.92 Å². The van der Waals surface area contributed by atoms with Gasteiger partial charge < -0.3 is 14.0 Å². The fourth-order valence-corrected chi connectivity index (χ4v) is 6.03. The van der Waals surface area contributed by atoms with Crippen LogP contribution in [0, 0.1) is 5.41 Å². The van der Waals surface area contributed by atoms with E-state index in [-0.39, 0.29) is 37.4 Å². The highest BCUT2D eigenvalue weighted by atomic mass is 79.9. The summed E-state index contributed by atoms with van der Waals surface area (Å²) in [5.74, 6) is -3.23. The molecule has 1 saturated carbocycles. The van der Waals surface area contributed by atoms with E-state index in [9.17, 15) is 13.6 Å². The van der Waals surface area contributed by atoms with Crippen molar-refractivity contribution in [2.45, 2.75) is 57.6 Å². The molecule has 2 aliphatic rings. The van der Waals surface area contributed by atoms with Crippen LogP contribution in [-0.4, -0.2) is 35.2 Å². The summed E-state index contributed by atoms with van der Waals surface area (Å²) < 4.78 is 42.6. The molecule has 0 saturated heterocycles. The van der Waals surface area contributed by atoms with Gasteiger partial charge in [0, 0.05) is 71.4 Å². The second kappa shape index (κ2) is 8.12. The first-order valence-corrected chi connectivity index (χ1v) is 12.2. The number of fused-ring (bicyclic) bond motifs is 5. The van der Waals surface area contributed by atoms with Crippen molar-refractivity contribution in [3.63, 3.8) is 0 Å². The number of esters is 1. The van der Waals surface area contributed by atoms with Crippen molar-refractivity contribution in [3.05, 3.63) is 52.3 Å². The van der Waals surface area contributed by atoms with Crippen LogP contribution in [-0.2, 0) is 14.3 Å². The number of benzene rings is 1. The van der Waals surface area contributed by atoms with Crippen molar-refractivity contribution in [1.82, 2.24) is 9.55 Å². The molecule has 34 heavy (non-hydrogen) atoms. The highest BCUT2D eigenvalue weighted by Gasteiger charge is 2.51. The molecule has 2 heterocycles. The minimum absolute atomic E-state index is 0.190. The molecular formula is C26H27BrF2N2O3. The van der Waals surface area contributed by atoms with Gasteiger partial charge >= 0.3 is 5.97 Å². The summed E-state index contributed by atoms with van der Waals surface area (Å²) in [4.78, 5) is 16.4. The Bertz CT molecular complexity index is 1280. The normalized spacial score (nSPS) is 21.6. The molecule has 3 aromatic rings. The van der Waals surface area contributed by atoms with Crippen LogP contribution in [0.2, 0.25) is 0 Å². The smallest absolute Gasteiger partial charge is 0.302 e. The topological polar surface area (TPSA) is 53.4 Å². The Morgan fingerprint density at radius 2 is 2.03 bits per heavy atom. The van der Waals surface area contributed by atoms with Gasteiger partial charge in [-0.25, -0.2) is 8.78 Å². The molecule has 1 fully saturated rings. The van der Waals surface area contributed by atoms with Crippen LogP contribution >= 0.6 is 15.9 Å². The van der Waals surface area contributed by atoms with Crippen LogP contribution < -0.4 is 0 Å². The molecule has 2 aromatic heterocycles. The van der Waals surface area contributed by atoms with Crippen LogP contribution in [0.15, 0.2) is 41.0 Å². The lowest BCUT2D eigenvalue weighted by atomic mass is 9.67. The molecule has 5 nitrogen and oxygen atoms in total. The zero-order valence-corrected chi connectivity index (χ0v) is 21.2. The Labute approximate surface area is 205 Å². The molecule has 2 aliphatic carbocycles. The Balaban J connectivity index is 1.83. The van der Waals surface area contributed by atoms with Gasteiger partial charge in [-0.05, 0) is 35.9 Å². The number of nitrogens with zero attached hydrogens (tertiary/aromatic N) is 2. The van der Waals surface area contributed by atoms with Gasteiger partial charge in [0.15, 0.2) is 0 Å². The van der Waals surface area contributed by atoms with Gasteiger partial charge in [0.2, 0.25) is 0 Å². The van der Waals surface area contributed by atoms with Gasteiger partial charge in [0.05, 0.1) is 18.0 Å². The van der Waals surface area contributed by atoms with E-state index in [0.717, 1.165) is 37.9 Å². The van der Waals surface area contributed by atoms with E-state index in [1.807, 2.05) is 44.2 Å². The van der Waals surface area contributed by atoms with Crippen LogP contribution in [0.4, 0.5) is 8.78 Å². The van der Waals surface area contributed by atoms with E-state index in [0.29, 0.717) is 0 Å². The van der Waals surface area contributed by atoms with Gasteiger partial charge in [0.1, 0.15) is 6.10 Å². The standard InChI is InChI=1S/C26H27BrF2N2O3/c1-14(32)34-13-25(2,3)21-20-18-10-15(27)7-8-19(18)31(16-11-26(28,29)12-16)23(20)17-6-5-9-30-22(17)24(21)33-4/h5-10,16,21,24H,11-13H2,1-4H3. The monoisotopic (exact) mass is 532 g/mol. The number of aromatic nitrogens is 2. The molecule has 0 amide bonds. The minimum atomic E-state index is -2.65. The average Bonchev–Trinajstić information content (AvgIpc) is 3.08. The summed E-state index contributed by atoms with van der Waals surface area (Å²) in [6, 6.07) is 9.52. The fraction of sp³-hybridized carbons (Fsp3) is 0.462. The lowest BCUT2D eigenvalue weighted by molar-refractivity contribution is -0.145. The number of halogens is 3. The quantitative estimate of drug-likeness (QED) is 0.338. The number of hydrogen-bond donors (Lipinski definition) is 0. The van der Waals surface area contributed by atoms with Crippen LogP contribution in [0.1, 0.15) is 62.9 Å². The zero-order valence-electron chi connectivity index (χ0n) is 19.6. The lowest BCUT2D eigenvalue weighted by Crippen LogP contribution is -2.38. The number of rotatable bonds is 5. The average molecular weight is 533 g/mol. The molecule has 0 bridgehead atoms. The summed E-state index contributed by atoms with van der Waals surface area (Å²) in [5, 5.41) is 0.983. The van der Waals surface area contributed by atoms with Gasteiger partial charge in [-0.15, -0.1) is 0 Å². The third-order valence-electron chi connectivity index (χ3n) is 7.16. The summed E-state index contributed by atoms with van der Waals surface area (Å²) in [6.45, 7) is 5.68. The summed E-state index contributed by atoms with van der Waals surface area (Å²) in [5.41, 5.74) is 3.98. The number of alkyl halides is 2. The molecule has 0 radical (unpaired) electrons. The van der Waals surface area contributed by atoms with Gasteiger partial charge in [-0.3, -0.25) is 9.78 Å². The predicted octanol–water partition coefficient (Wildman–Crippen LogP) is 6.81. The lowest BCUT2D eigenvalue weighted by Gasteiger charge is -2.43. The molecule has 5 rings (SSSR count). The molecule has 0 aliphatic heterocycles. The maximum absolute atomic E-state index is 14.0. The van der Waals surface area contributed by atoms with Crippen molar-refractivity contribution in [2.24, 2.45) is 5.41 Å². The first-order chi connectivity index (χ1) is 16.0. The summed E-state index contributed by atoms with van der Waals surface area (Å²) in [7, 11) is 1.66. The molecule has 180 valence electrons. The molecule has 1 aromatic carbocycles. The predicted molar refractivity (Wildman–Crippen MR) is 129 cm³/mol. The van der Waals surface area contributed by atoms with E-state index in [1.165, 1.54) is 6.92 Å². The maximum Gasteiger partial charge on any atom is 0.302 e. The van der Waals surface area contributed by atoms with Crippen molar-refractivity contribution in [2.75, 3.05) is 13.7 Å². The van der Waals surface area contributed by atoms with Gasteiger partial charge in [-0.1, -0.05) is 29.8 Å². The largest absolute Gasteiger partial charge is 0.465 e. The summed E-state index contributed by atoms with van der Waals surface area (Å²) >= 11 is 3.60. The van der Waals surface area contributed by atoms with Crippen molar-refractivity contribution < 1.29 is 23.0 Å². The van der Waals surface area contributed by atoms with Crippen LogP contribution in [0.25, 0.3) is 22.2 Å². The number of carbonyl (C=O) groups is 1. The number of pyridine rings is 1. The van der Waals surface area contributed by atoms with E-state index < -0.39 is 17.4 Å². The second-order valence-corrected chi connectivity index (χ2v) is 11.0. The van der Waals surface area contributed by atoms with E-state index >= 15 is 0 Å². The van der Waals surface area contributed by atoms with E-state index in [4.69, 9.17) is 9.47 Å². The van der Waals surface area contributed by atoms with Crippen molar-refractivity contribution in [1.29, 1.82) is 0 Å². The first kappa shape index (κ1) is 23.4. The second-order valence-electron chi connectivity index (χ2n) is 10.1. The molecular weight excluding hydrogens is 506 g/mol. The van der Waals surface area contributed by atoms with E-state index in [2.05, 4.69) is 25.5 Å². The number of carbonyl (C=O) groups excluding carboxylic acids is 1. The van der Waals surface area contributed by atoms with Crippen molar-refractivity contribution in [3.8, 4) is 11.3 Å². The highest BCUT2D eigenvalue weighted by molar-refractivity contribution is 9.10. The van der Waals surface area contributed by atoms with Gasteiger partial charge in [-0.2, -0.15) is 0 Å². The molecule has 0 N–H and O–H groups in total. The van der Waals surface area contributed by atoms with Crippen LogP contribution in [0.3, 0.4) is 0 Å². The SMILES string of the molecule is COC1c2ncccc2-c2c(c3cc(Br)ccc3n2C2CC(F)(F)C2)C1C(C)(C)COC(C)=O. The molecule has 2 unspecified atom stereocenters. The van der Waals surface area contributed by atoms with Crippen LogP contribution in [0.5, 0.6) is 0 Å². The molecule has 2 atom stereocenters. The Morgan fingerprint density at radius 3 is 2.68 bits per heavy atom. The Kier molecular flexibility index (Phi) is 5.60. The Morgan fingerprint density at radius 1 is 1.29 bits per heavy atom. The highest BCUT2D eigenvalue weighted by Crippen LogP contribution is 2.59. The third-order valence-corrected chi connectivity index (χ3v) is 7.65.